The van der Waals surface area contributed by atoms with E-state index < -0.39 is 9.84 Å². The first-order valence-corrected chi connectivity index (χ1v) is 12.5. The van der Waals surface area contributed by atoms with Crippen LogP contribution in [0.4, 0.5) is 0 Å². The molecule has 0 N–H and O–H groups in total. The second kappa shape index (κ2) is 8.50. The Kier molecular flexibility index (Phi) is 5.93. The predicted octanol–water partition coefficient (Wildman–Crippen LogP) is 4.43. The van der Waals surface area contributed by atoms with E-state index in [2.05, 4.69) is 13.8 Å². The van der Waals surface area contributed by atoms with Crippen LogP contribution in [-0.2, 0) is 26.9 Å². The van der Waals surface area contributed by atoms with Crippen LogP contribution in [0.15, 0.2) is 59.6 Å². The molecule has 164 valence electrons. The van der Waals surface area contributed by atoms with Gasteiger partial charge in [-0.3, -0.25) is 4.79 Å². The van der Waals surface area contributed by atoms with Crippen molar-refractivity contribution in [1.82, 2.24) is 9.47 Å². The minimum absolute atomic E-state index is 0.0435. The molecule has 31 heavy (non-hydrogen) atoms. The van der Waals surface area contributed by atoms with E-state index in [9.17, 15) is 13.2 Å². The number of para-hydroxylation sites is 1. The summed E-state index contributed by atoms with van der Waals surface area (Å²) in [5, 5.41) is 0.671. The maximum absolute atomic E-state index is 13.3. The number of fused-ring (bicyclic) bond motifs is 1. The van der Waals surface area contributed by atoms with Crippen LogP contribution in [0.2, 0.25) is 0 Å². The van der Waals surface area contributed by atoms with Gasteiger partial charge in [-0.15, -0.1) is 0 Å². The Morgan fingerprint density at radius 1 is 1.00 bits per heavy atom. The fourth-order valence-corrected chi connectivity index (χ4v) is 6.44. The number of piperidine rings is 1. The fourth-order valence-electron chi connectivity index (χ4n) is 4.76. The quantitative estimate of drug-likeness (QED) is 0.592. The summed E-state index contributed by atoms with van der Waals surface area (Å²) in [5.74, 6) is 0.961. The van der Waals surface area contributed by atoms with Crippen LogP contribution in [0.25, 0.3) is 10.9 Å². The van der Waals surface area contributed by atoms with Gasteiger partial charge in [-0.05, 0) is 42.4 Å². The molecule has 0 spiro atoms. The number of aryl methyl sites for hydroxylation is 1. The number of rotatable bonds is 5. The van der Waals surface area contributed by atoms with E-state index in [0.717, 1.165) is 36.2 Å². The van der Waals surface area contributed by atoms with E-state index in [-0.39, 0.29) is 18.2 Å². The zero-order valence-corrected chi connectivity index (χ0v) is 19.2. The monoisotopic (exact) mass is 438 g/mol. The Morgan fingerprint density at radius 2 is 1.65 bits per heavy atom. The number of likely N-dealkylation sites (tertiary alicyclic amines) is 1. The standard InChI is InChI=1S/C25H30N2O3S/c1-18-12-19(2)14-27(13-18)25(28)16-26-15-24(22-10-6-7-11-23(22)26)31(29,30)17-21-9-5-4-8-20(21)3/h4-11,15,18-19H,12-14,16-17H2,1-3H3. The minimum Gasteiger partial charge on any atom is -0.341 e. The molecule has 1 aliphatic heterocycles. The first-order valence-electron chi connectivity index (χ1n) is 10.9. The average Bonchev–Trinajstić information content (AvgIpc) is 3.08. The van der Waals surface area contributed by atoms with Gasteiger partial charge in [0.05, 0.1) is 10.6 Å². The molecule has 2 heterocycles. The third-order valence-corrected chi connectivity index (χ3v) is 7.91. The van der Waals surface area contributed by atoms with Gasteiger partial charge in [0, 0.05) is 30.2 Å². The summed E-state index contributed by atoms with van der Waals surface area (Å²) in [4.78, 5) is 15.3. The highest BCUT2D eigenvalue weighted by atomic mass is 32.2. The SMILES string of the molecule is Cc1ccccc1CS(=O)(=O)c1cn(CC(=O)N2CC(C)CC(C)C2)c2ccccc12. The van der Waals surface area contributed by atoms with Crippen molar-refractivity contribution in [3.8, 4) is 0 Å². The van der Waals surface area contributed by atoms with Crippen molar-refractivity contribution < 1.29 is 13.2 Å². The minimum atomic E-state index is -3.57. The average molecular weight is 439 g/mol. The zero-order valence-electron chi connectivity index (χ0n) is 18.4. The largest absolute Gasteiger partial charge is 0.341 e. The van der Waals surface area contributed by atoms with Gasteiger partial charge in [0.2, 0.25) is 5.91 Å². The number of carbonyl (C=O) groups excluding carboxylic acids is 1. The summed E-state index contributed by atoms with van der Waals surface area (Å²) >= 11 is 0. The smallest absolute Gasteiger partial charge is 0.242 e. The molecule has 1 aromatic heterocycles. The molecule has 3 aromatic rings. The van der Waals surface area contributed by atoms with Gasteiger partial charge in [0.25, 0.3) is 0 Å². The van der Waals surface area contributed by atoms with Crippen molar-refractivity contribution in [2.24, 2.45) is 11.8 Å². The molecule has 5 nitrogen and oxygen atoms in total. The van der Waals surface area contributed by atoms with E-state index in [4.69, 9.17) is 0 Å². The first kappa shape index (κ1) is 21.6. The number of amides is 1. The molecule has 1 saturated heterocycles. The van der Waals surface area contributed by atoms with Crippen LogP contribution in [0, 0.1) is 18.8 Å². The van der Waals surface area contributed by atoms with Crippen LogP contribution in [0.3, 0.4) is 0 Å². The van der Waals surface area contributed by atoms with Crippen molar-refractivity contribution in [3.05, 3.63) is 65.9 Å². The molecule has 1 amide bonds. The lowest BCUT2D eigenvalue weighted by molar-refractivity contribution is -0.134. The second-order valence-corrected chi connectivity index (χ2v) is 11.0. The highest BCUT2D eigenvalue weighted by molar-refractivity contribution is 7.90. The number of hydrogen-bond donors (Lipinski definition) is 0. The number of benzene rings is 2. The Hall–Kier alpha value is -2.60. The van der Waals surface area contributed by atoms with Crippen molar-refractivity contribution >= 4 is 26.6 Å². The van der Waals surface area contributed by atoms with Crippen LogP contribution in [0.1, 0.15) is 31.4 Å². The molecular weight excluding hydrogens is 408 g/mol. The number of sulfone groups is 1. The molecule has 4 rings (SSSR count). The van der Waals surface area contributed by atoms with E-state index in [1.807, 2.05) is 60.4 Å². The molecule has 1 aliphatic rings. The van der Waals surface area contributed by atoms with Gasteiger partial charge in [0.1, 0.15) is 6.54 Å². The highest BCUT2D eigenvalue weighted by Gasteiger charge is 2.27. The van der Waals surface area contributed by atoms with Crippen LogP contribution >= 0.6 is 0 Å². The molecule has 1 fully saturated rings. The van der Waals surface area contributed by atoms with E-state index >= 15 is 0 Å². The molecule has 0 radical (unpaired) electrons. The molecule has 0 bridgehead atoms. The predicted molar refractivity (Wildman–Crippen MR) is 124 cm³/mol. The molecular formula is C25H30N2O3S. The highest BCUT2D eigenvalue weighted by Crippen LogP contribution is 2.29. The van der Waals surface area contributed by atoms with Gasteiger partial charge in [-0.1, -0.05) is 56.3 Å². The number of hydrogen-bond acceptors (Lipinski definition) is 3. The van der Waals surface area contributed by atoms with Crippen LogP contribution in [-0.4, -0.2) is 36.9 Å². The summed E-state index contributed by atoms with van der Waals surface area (Å²) < 4.78 is 28.5. The fraction of sp³-hybridized carbons (Fsp3) is 0.400. The molecule has 2 unspecified atom stereocenters. The third kappa shape index (κ3) is 4.54. The molecule has 0 aliphatic carbocycles. The van der Waals surface area contributed by atoms with Crippen molar-refractivity contribution in [3.63, 3.8) is 0 Å². The third-order valence-electron chi connectivity index (χ3n) is 6.22. The maximum Gasteiger partial charge on any atom is 0.242 e. The summed E-state index contributed by atoms with van der Waals surface area (Å²) in [5.41, 5.74) is 2.53. The summed E-state index contributed by atoms with van der Waals surface area (Å²) in [6.07, 6.45) is 2.78. The van der Waals surface area contributed by atoms with Gasteiger partial charge < -0.3 is 9.47 Å². The number of carbonyl (C=O) groups is 1. The lowest BCUT2D eigenvalue weighted by atomic mass is 9.92. The van der Waals surface area contributed by atoms with Gasteiger partial charge in [-0.25, -0.2) is 8.42 Å². The Bertz CT molecular complexity index is 1200. The summed E-state index contributed by atoms with van der Waals surface area (Å²) in [6, 6.07) is 15.0. The molecule has 2 aromatic carbocycles. The zero-order chi connectivity index (χ0) is 22.2. The topological polar surface area (TPSA) is 59.4 Å². The number of aromatic nitrogens is 1. The van der Waals surface area contributed by atoms with Crippen LogP contribution < -0.4 is 0 Å². The van der Waals surface area contributed by atoms with E-state index in [1.54, 1.807) is 10.8 Å². The van der Waals surface area contributed by atoms with E-state index in [0.29, 0.717) is 22.1 Å². The van der Waals surface area contributed by atoms with Crippen molar-refractivity contribution in [2.45, 2.75) is 44.4 Å². The maximum atomic E-state index is 13.3. The Morgan fingerprint density at radius 3 is 2.35 bits per heavy atom. The first-order chi connectivity index (χ1) is 14.7. The lowest BCUT2D eigenvalue weighted by Crippen LogP contribution is -2.43. The van der Waals surface area contributed by atoms with E-state index in [1.165, 1.54) is 0 Å². The summed E-state index contributed by atoms with van der Waals surface area (Å²) in [6.45, 7) is 7.96. The Labute approximate surface area is 184 Å². The van der Waals surface area contributed by atoms with Crippen LogP contribution in [0.5, 0.6) is 0 Å². The second-order valence-electron chi connectivity index (χ2n) is 9.07. The van der Waals surface area contributed by atoms with Gasteiger partial charge >= 0.3 is 0 Å². The van der Waals surface area contributed by atoms with Gasteiger partial charge in [0.15, 0.2) is 9.84 Å². The summed E-state index contributed by atoms with van der Waals surface area (Å²) in [7, 11) is -3.57. The molecule has 0 saturated carbocycles. The van der Waals surface area contributed by atoms with Crippen molar-refractivity contribution in [2.75, 3.05) is 13.1 Å². The Balaban J connectivity index is 1.66. The molecule has 2 atom stereocenters. The molecule has 6 heteroatoms. The lowest BCUT2D eigenvalue weighted by Gasteiger charge is -2.35. The normalized spacial score (nSPS) is 19.6. The van der Waals surface area contributed by atoms with Crippen molar-refractivity contribution in [1.29, 1.82) is 0 Å². The number of nitrogens with zero attached hydrogens (tertiary/aromatic N) is 2. The van der Waals surface area contributed by atoms with Gasteiger partial charge in [-0.2, -0.15) is 0 Å².